The molecule has 1 aromatic rings. The molecule has 0 saturated heterocycles. The van der Waals surface area contributed by atoms with E-state index in [4.69, 9.17) is 20.1 Å². The maximum absolute atomic E-state index is 9.00. The number of hydrogen-bond acceptors (Lipinski definition) is 3. The van der Waals surface area contributed by atoms with Gasteiger partial charge in [-0.05, 0) is 27.7 Å². The highest BCUT2D eigenvalue weighted by Gasteiger charge is 1.83. The summed E-state index contributed by atoms with van der Waals surface area (Å²) in [5.74, 6) is -0.833. The predicted molar refractivity (Wildman–Crippen MR) is 83.9 cm³/mol. The Labute approximate surface area is 122 Å². The van der Waals surface area contributed by atoms with Gasteiger partial charge in [-0.25, -0.2) is 0 Å². The van der Waals surface area contributed by atoms with Gasteiger partial charge in [-0.15, -0.1) is 6.58 Å². The number of carboxylic acids is 1. The monoisotopic (exact) mass is 284 g/mol. The molecule has 1 unspecified atom stereocenters. The molecule has 0 saturated carbocycles. The van der Waals surface area contributed by atoms with Gasteiger partial charge >= 0.3 is 0 Å². The zero-order valence-corrected chi connectivity index (χ0v) is 13.1. The van der Waals surface area contributed by atoms with E-state index in [2.05, 4.69) is 44.7 Å². The van der Waals surface area contributed by atoms with Crippen molar-refractivity contribution < 1.29 is 20.1 Å². The summed E-state index contributed by atoms with van der Waals surface area (Å²) in [4.78, 5) is 9.00. The first-order valence-corrected chi connectivity index (χ1v) is 6.29. The Kier molecular flexibility index (Phi) is 20.3. The molecule has 4 heteroatoms. The molecule has 20 heavy (non-hydrogen) atoms. The Hall–Kier alpha value is -1.65. The number of aryl methyl sites for hydroxylation is 2. The van der Waals surface area contributed by atoms with E-state index >= 15 is 0 Å². The molecule has 3 N–H and O–H groups in total. The Morgan fingerprint density at radius 2 is 1.40 bits per heavy atom. The summed E-state index contributed by atoms with van der Waals surface area (Å²) in [6.45, 7) is 11.9. The van der Waals surface area contributed by atoms with Gasteiger partial charge in [0.15, 0.2) is 0 Å². The molecule has 0 aliphatic rings. The second-order valence-corrected chi connectivity index (χ2v) is 4.11. The molecule has 0 radical (unpaired) electrons. The minimum absolute atomic E-state index is 0.139. The van der Waals surface area contributed by atoms with Gasteiger partial charge < -0.3 is 15.3 Å². The van der Waals surface area contributed by atoms with E-state index in [1.54, 1.807) is 6.08 Å². The minimum atomic E-state index is -0.833. The first-order chi connectivity index (χ1) is 9.20. The fraction of sp³-hybridized carbons (Fsp3) is 0.438. The SMILES string of the molecule is C=CC.CC(=O)O.CC(O)CO.Cc1ccc(C)cc1. The van der Waals surface area contributed by atoms with E-state index in [-0.39, 0.29) is 6.61 Å². The number of aliphatic hydroxyl groups is 2. The van der Waals surface area contributed by atoms with Crippen molar-refractivity contribution in [2.45, 2.75) is 40.7 Å². The van der Waals surface area contributed by atoms with E-state index in [0.717, 1.165) is 6.92 Å². The van der Waals surface area contributed by atoms with Crippen LogP contribution in [0.3, 0.4) is 0 Å². The Morgan fingerprint density at radius 1 is 1.25 bits per heavy atom. The summed E-state index contributed by atoms with van der Waals surface area (Å²) < 4.78 is 0. The number of hydrogen-bond donors (Lipinski definition) is 3. The van der Waals surface area contributed by atoms with Crippen LogP contribution in [0.2, 0.25) is 0 Å². The smallest absolute Gasteiger partial charge is 0.300 e. The first-order valence-electron chi connectivity index (χ1n) is 6.29. The minimum Gasteiger partial charge on any atom is -0.481 e. The highest BCUT2D eigenvalue weighted by Crippen LogP contribution is 1.99. The molecular weight excluding hydrogens is 256 g/mol. The number of aliphatic hydroxyl groups excluding tert-OH is 2. The maximum atomic E-state index is 9.00. The van der Waals surface area contributed by atoms with Gasteiger partial charge in [0.2, 0.25) is 0 Å². The van der Waals surface area contributed by atoms with Gasteiger partial charge in [0, 0.05) is 6.92 Å². The van der Waals surface area contributed by atoms with Gasteiger partial charge in [0.25, 0.3) is 5.97 Å². The van der Waals surface area contributed by atoms with Gasteiger partial charge in [-0.2, -0.15) is 0 Å². The zero-order chi connectivity index (χ0) is 16.6. The van der Waals surface area contributed by atoms with Gasteiger partial charge in [0.1, 0.15) is 0 Å². The molecule has 0 aromatic heterocycles. The van der Waals surface area contributed by atoms with E-state index in [0.29, 0.717) is 0 Å². The number of benzene rings is 1. The second-order valence-electron chi connectivity index (χ2n) is 4.11. The number of carboxylic acid groups (broad SMARTS) is 1. The predicted octanol–water partition coefficient (Wildman–Crippen LogP) is 2.95. The third-order valence-electron chi connectivity index (χ3n) is 1.48. The lowest BCUT2D eigenvalue weighted by Gasteiger charge is -1.90. The van der Waals surface area contributed by atoms with Crippen molar-refractivity contribution in [3.8, 4) is 0 Å². The van der Waals surface area contributed by atoms with Crippen molar-refractivity contribution in [3.63, 3.8) is 0 Å². The molecular formula is C16H28O4. The first kappa shape index (κ1) is 23.4. The van der Waals surface area contributed by atoms with E-state index in [1.165, 1.54) is 18.1 Å². The molecule has 0 fully saturated rings. The maximum Gasteiger partial charge on any atom is 0.300 e. The van der Waals surface area contributed by atoms with E-state index in [1.807, 2.05) is 6.92 Å². The number of rotatable bonds is 1. The molecule has 1 aromatic carbocycles. The average molecular weight is 284 g/mol. The van der Waals surface area contributed by atoms with E-state index in [9.17, 15) is 0 Å². The van der Waals surface area contributed by atoms with Crippen molar-refractivity contribution in [1.29, 1.82) is 0 Å². The summed E-state index contributed by atoms with van der Waals surface area (Å²) in [5, 5.41) is 23.4. The van der Waals surface area contributed by atoms with Crippen molar-refractivity contribution in [2.24, 2.45) is 0 Å². The Bertz CT molecular complexity index is 304. The summed E-state index contributed by atoms with van der Waals surface area (Å²) >= 11 is 0. The molecule has 1 atom stereocenters. The fourth-order valence-corrected chi connectivity index (χ4v) is 0.637. The average Bonchev–Trinajstić information content (AvgIpc) is 2.34. The highest BCUT2D eigenvalue weighted by molar-refractivity contribution is 5.62. The lowest BCUT2D eigenvalue weighted by molar-refractivity contribution is -0.134. The molecule has 0 bridgehead atoms. The van der Waals surface area contributed by atoms with Gasteiger partial charge in [0.05, 0.1) is 12.7 Å². The topological polar surface area (TPSA) is 77.8 Å². The van der Waals surface area contributed by atoms with Crippen molar-refractivity contribution >= 4 is 5.97 Å². The third-order valence-corrected chi connectivity index (χ3v) is 1.48. The molecule has 0 amide bonds. The molecule has 0 heterocycles. The number of aliphatic carboxylic acids is 1. The lowest BCUT2D eigenvalue weighted by Crippen LogP contribution is -2.03. The van der Waals surface area contributed by atoms with Gasteiger partial charge in [-0.3, -0.25) is 4.79 Å². The van der Waals surface area contributed by atoms with Crippen LogP contribution in [0, 0.1) is 13.8 Å². The third kappa shape index (κ3) is 36.0. The Balaban J connectivity index is -0.000000211. The molecule has 0 aliphatic heterocycles. The van der Waals surface area contributed by atoms with Gasteiger partial charge in [-0.1, -0.05) is 41.5 Å². The molecule has 0 aliphatic carbocycles. The highest BCUT2D eigenvalue weighted by atomic mass is 16.4. The van der Waals surface area contributed by atoms with Crippen molar-refractivity contribution in [1.82, 2.24) is 0 Å². The normalized spacial score (nSPS) is 9.35. The van der Waals surface area contributed by atoms with Crippen molar-refractivity contribution in [3.05, 3.63) is 48.0 Å². The largest absolute Gasteiger partial charge is 0.481 e. The van der Waals surface area contributed by atoms with Crippen LogP contribution in [0.15, 0.2) is 36.9 Å². The lowest BCUT2D eigenvalue weighted by atomic mass is 10.2. The summed E-state index contributed by atoms with van der Waals surface area (Å²) in [6, 6.07) is 8.48. The molecule has 4 nitrogen and oxygen atoms in total. The standard InChI is InChI=1S/C8H10.C3H8O2.C3H6.C2H4O2/c1-7-3-5-8(2)6-4-7;1-3(5)2-4;1-3-2;1-2(3)4/h3-6H,1-2H3;3-5H,2H2,1H3;3H,1H2,2H3;1H3,(H,3,4). The summed E-state index contributed by atoms with van der Waals surface area (Å²) in [6.07, 6.45) is 1.19. The molecule has 116 valence electrons. The van der Waals surface area contributed by atoms with Crippen LogP contribution in [0.25, 0.3) is 0 Å². The van der Waals surface area contributed by atoms with Crippen molar-refractivity contribution in [2.75, 3.05) is 6.61 Å². The summed E-state index contributed by atoms with van der Waals surface area (Å²) in [7, 11) is 0. The quantitative estimate of drug-likeness (QED) is 0.693. The fourth-order valence-electron chi connectivity index (χ4n) is 0.637. The van der Waals surface area contributed by atoms with Crippen LogP contribution in [0.4, 0.5) is 0 Å². The van der Waals surface area contributed by atoms with Crippen LogP contribution >= 0.6 is 0 Å². The van der Waals surface area contributed by atoms with E-state index < -0.39 is 12.1 Å². The van der Waals surface area contributed by atoms with Crippen LogP contribution < -0.4 is 0 Å². The summed E-state index contributed by atoms with van der Waals surface area (Å²) in [5.41, 5.74) is 2.66. The number of carbonyl (C=O) groups is 1. The van der Waals surface area contributed by atoms with Crippen LogP contribution in [-0.2, 0) is 4.79 Å². The zero-order valence-electron chi connectivity index (χ0n) is 13.1. The van der Waals surface area contributed by atoms with Crippen LogP contribution in [-0.4, -0.2) is 34.0 Å². The molecule has 1 rings (SSSR count). The van der Waals surface area contributed by atoms with Crippen LogP contribution in [0.5, 0.6) is 0 Å². The van der Waals surface area contributed by atoms with Crippen LogP contribution in [0.1, 0.15) is 31.9 Å². The second kappa shape index (κ2) is 17.4. The molecule has 0 spiro atoms. The Morgan fingerprint density at radius 3 is 1.50 bits per heavy atom. The number of allylic oxidation sites excluding steroid dienone is 1.